The van der Waals surface area contributed by atoms with Gasteiger partial charge in [0.05, 0.1) is 0 Å². The molecule has 156 valence electrons. The van der Waals surface area contributed by atoms with E-state index in [2.05, 4.69) is 27.8 Å². The highest BCUT2D eigenvalue weighted by Gasteiger charge is 2.23. The van der Waals surface area contributed by atoms with E-state index in [1.165, 1.54) is 23.1 Å². The van der Waals surface area contributed by atoms with Crippen molar-refractivity contribution in [1.82, 2.24) is 10.2 Å². The van der Waals surface area contributed by atoms with Gasteiger partial charge in [-0.25, -0.2) is 0 Å². The molecule has 0 fully saturated rings. The summed E-state index contributed by atoms with van der Waals surface area (Å²) >= 11 is 2.77. The Morgan fingerprint density at radius 3 is 2.57 bits per heavy atom. The van der Waals surface area contributed by atoms with E-state index >= 15 is 0 Å². The fourth-order valence-electron chi connectivity index (χ4n) is 2.76. The Labute approximate surface area is 184 Å². The predicted molar refractivity (Wildman–Crippen MR) is 123 cm³/mol. The van der Waals surface area contributed by atoms with Crippen LogP contribution in [0.2, 0.25) is 0 Å². The summed E-state index contributed by atoms with van der Waals surface area (Å²) in [6.45, 7) is 3.90. The summed E-state index contributed by atoms with van der Waals surface area (Å²) in [7, 11) is 0. The zero-order chi connectivity index (χ0) is 21.3. The molecule has 0 saturated heterocycles. The number of aryl methyl sites for hydroxylation is 1. The molecule has 0 aliphatic carbocycles. The Hall–Kier alpha value is -2.71. The van der Waals surface area contributed by atoms with Crippen molar-refractivity contribution in [3.8, 4) is 0 Å². The Balaban J connectivity index is 1.77. The number of hydrogen-bond donors (Lipinski definition) is 2. The summed E-state index contributed by atoms with van der Waals surface area (Å²) in [5, 5.41) is 14.5. The van der Waals surface area contributed by atoms with E-state index in [-0.39, 0.29) is 11.8 Å². The molecule has 3 rings (SSSR count). The second-order valence-corrected chi connectivity index (χ2v) is 9.06. The van der Waals surface area contributed by atoms with Gasteiger partial charge in [0.2, 0.25) is 16.9 Å². The number of carbonyl (C=O) groups excluding carboxylic acids is 2. The van der Waals surface area contributed by atoms with Crippen LogP contribution in [0.3, 0.4) is 0 Å². The van der Waals surface area contributed by atoms with Gasteiger partial charge in [-0.05, 0) is 37.1 Å². The van der Waals surface area contributed by atoms with Crippen LogP contribution in [0, 0.1) is 6.92 Å². The number of nitrogens with zero attached hydrogens (tertiary/aromatic N) is 2. The van der Waals surface area contributed by atoms with Crippen molar-refractivity contribution >= 4 is 45.7 Å². The number of anilines is 2. The van der Waals surface area contributed by atoms with Crippen LogP contribution in [0.15, 0.2) is 59.5 Å². The van der Waals surface area contributed by atoms with Crippen molar-refractivity contribution in [2.75, 3.05) is 10.6 Å². The Morgan fingerprint density at radius 1 is 1.07 bits per heavy atom. The average Bonchev–Trinajstić information content (AvgIpc) is 3.15. The van der Waals surface area contributed by atoms with Crippen molar-refractivity contribution in [3.63, 3.8) is 0 Å². The molecule has 1 unspecified atom stereocenters. The number of nitrogens with one attached hydrogen (secondary N) is 2. The Kier molecular flexibility index (Phi) is 7.98. The number of aromatic nitrogens is 2. The normalized spacial score (nSPS) is 11.7. The molecule has 2 aromatic carbocycles. The molecule has 2 amide bonds. The van der Waals surface area contributed by atoms with Gasteiger partial charge in [-0.3, -0.25) is 14.9 Å². The number of hydrogen-bond acceptors (Lipinski definition) is 6. The topological polar surface area (TPSA) is 84.0 Å². The maximum absolute atomic E-state index is 13.0. The summed E-state index contributed by atoms with van der Waals surface area (Å²) in [6.07, 6.45) is 2.34. The molecule has 1 atom stereocenters. The number of rotatable bonds is 9. The molecular formula is C22H24N4O2S2. The molecule has 2 N–H and O–H groups in total. The van der Waals surface area contributed by atoms with Crippen LogP contribution in [0.25, 0.3) is 0 Å². The zero-order valence-electron chi connectivity index (χ0n) is 16.9. The summed E-state index contributed by atoms with van der Waals surface area (Å²) in [5.41, 5.74) is 1.62. The van der Waals surface area contributed by atoms with Gasteiger partial charge in [-0.15, -0.1) is 22.0 Å². The first-order valence-corrected chi connectivity index (χ1v) is 11.5. The average molecular weight is 441 g/mol. The number of thioether (sulfide) groups is 1. The van der Waals surface area contributed by atoms with E-state index < -0.39 is 5.25 Å². The van der Waals surface area contributed by atoms with E-state index in [9.17, 15) is 9.59 Å². The minimum absolute atomic E-state index is 0.00277. The molecule has 1 aromatic heterocycles. The molecule has 30 heavy (non-hydrogen) atoms. The van der Waals surface area contributed by atoms with Gasteiger partial charge >= 0.3 is 0 Å². The molecule has 0 aliphatic rings. The van der Waals surface area contributed by atoms with Crippen molar-refractivity contribution < 1.29 is 9.59 Å². The third-order valence-corrected chi connectivity index (χ3v) is 6.23. The van der Waals surface area contributed by atoms with Gasteiger partial charge in [0.1, 0.15) is 10.3 Å². The highest BCUT2D eigenvalue weighted by Crippen LogP contribution is 2.37. The first-order valence-electron chi connectivity index (χ1n) is 9.77. The molecule has 8 heteroatoms. The van der Waals surface area contributed by atoms with E-state index in [0.717, 1.165) is 34.0 Å². The molecule has 0 spiro atoms. The van der Waals surface area contributed by atoms with Crippen LogP contribution >= 0.6 is 23.1 Å². The molecule has 1 heterocycles. The van der Waals surface area contributed by atoms with Crippen LogP contribution in [-0.2, 0) is 9.59 Å². The molecular weight excluding hydrogens is 416 g/mol. The van der Waals surface area contributed by atoms with Gasteiger partial charge in [-0.1, -0.05) is 61.1 Å². The van der Waals surface area contributed by atoms with Crippen LogP contribution in [0.4, 0.5) is 10.8 Å². The lowest BCUT2D eigenvalue weighted by molar-refractivity contribution is -0.116. The lowest BCUT2D eigenvalue weighted by atomic mass is 10.1. The lowest BCUT2D eigenvalue weighted by Crippen LogP contribution is -2.19. The molecule has 3 aromatic rings. The molecule has 0 saturated carbocycles. The van der Waals surface area contributed by atoms with Crippen molar-refractivity contribution in [2.45, 2.75) is 43.3 Å². The third-order valence-electron chi connectivity index (χ3n) is 4.23. The maximum atomic E-state index is 13.0. The van der Waals surface area contributed by atoms with E-state index in [1.54, 1.807) is 0 Å². The van der Waals surface area contributed by atoms with Gasteiger partial charge in [0.15, 0.2) is 0 Å². The monoisotopic (exact) mass is 440 g/mol. The van der Waals surface area contributed by atoms with Crippen LogP contribution in [0.5, 0.6) is 0 Å². The Bertz CT molecular complexity index is 992. The fraction of sp³-hybridized carbons (Fsp3) is 0.273. The van der Waals surface area contributed by atoms with Crippen LogP contribution in [-0.4, -0.2) is 22.0 Å². The molecule has 6 nitrogen and oxygen atoms in total. The quantitative estimate of drug-likeness (QED) is 0.432. The highest BCUT2D eigenvalue weighted by molar-refractivity contribution is 8.00. The molecule has 0 bridgehead atoms. The van der Waals surface area contributed by atoms with E-state index in [4.69, 9.17) is 0 Å². The van der Waals surface area contributed by atoms with Gasteiger partial charge in [0.25, 0.3) is 0 Å². The summed E-state index contributed by atoms with van der Waals surface area (Å²) in [5.74, 6) is -0.164. The maximum Gasteiger partial charge on any atom is 0.244 e. The van der Waals surface area contributed by atoms with Crippen molar-refractivity contribution in [2.24, 2.45) is 0 Å². The minimum atomic E-state index is -0.471. The van der Waals surface area contributed by atoms with E-state index in [0.29, 0.717) is 11.6 Å². The second-order valence-electron chi connectivity index (χ2n) is 6.70. The number of unbranched alkanes of at least 4 members (excludes halogenated alkanes) is 1. The van der Waals surface area contributed by atoms with Crippen LogP contribution in [0.1, 0.15) is 42.0 Å². The largest absolute Gasteiger partial charge is 0.326 e. The van der Waals surface area contributed by atoms with Crippen molar-refractivity contribution in [1.29, 1.82) is 0 Å². The first-order chi connectivity index (χ1) is 14.5. The first kappa shape index (κ1) is 22.0. The number of amides is 2. The number of benzene rings is 2. The van der Waals surface area contributed by atoms with Crippen LogP contribution < -0.4 is 10.6 Å². The predicted octanol–water partition coefficient (Wildman–Crippen LogP) is 5.45. The summed E-state index contributed by atoms with van der Waals surface area (Å²) in [6, 6.07) is 17.2. The van der Waals surface area contributed by atoms with Crippen molar-refractivity contribution in [3.05, 3.63) is 65.2 Å². The third kappa shape index (κ3) is 6.40. The van der Waals surface area contributed by atoms with E-state index in [1.807, 2.05) is 61.5 Å². The van der Waals surface area contributed by atoms with Gasteiger partial charge < -0.3 is 5.32 Å². The zero-order valence-corrected chi connectivity index (χ0v) is 18.6. The summed E-state index contributed by atoms with van der Waals surface area (Å²) < 4.78 is 0. The number of carbonyl (C=O) groups is 2. The van der Waals surface area contributed by atoms with Gasteiger partial charge in [0, 0.05) is 17.0 Å². The Morgan fingerprint density at radius 2 is 1.87 bits per heavy atom. The second kappa shape index (κ2) is 10.9. The highest BCUT2D eigenvalue weighted by atomic mass is 32.2. The van der Waals surface area contributed by atoms with Gasteiger partial charge in [-0.2, -0.15) is 0 Å². The molecule has 0 radical (unpaired) electrons. The fourth-order valence-corrected chi connectivity index (χ4v) is 4.44. The molecule has 0 aliphatic heterocycles. The minimum Gasteiger partial charge on any atom is -0.326 e. The smallest absolute Gasteiger partial charge is 0.244 e. The lowest BCUT2D eigenvalue weighted by Gasteiger charge is -2.16. The summed E-state index contributed by atoms with van der Waals surface area (Å²) in [4.78, 5) is 26.0. The SMILES string of the molecule is CCCCC(=O)Nc1cccc(SC(C(=O)Nc2nnc(C)s2)c2ccccc2)c1. The standard InChI is InChI=1S/C22H24N4O2S2/c1-3-4-13-19(27)23-17-11-8-12-18(14-17)30-20(16-9-6-5-7-10-16)21(28)24-22-26-25-15(2)29-22/h5-12,14,20H,3-4,13H2,1-2H3,(H,23,27)(H,24,26,28).